The van der Waals surface area contributed by atoms with Gasteiger partial charge in [0.05, 0.1) is 6.42 Å². The first-order valence-corrected chi connectivity index (χ1v) is 5.07. The summed E-state index contributed by atoms with van der Waals surface area (Å²) in [5.41, 5.74) is 0.927. The van der Waals surface area contributed by atoms with Crippen molar-refractivity contribution in [2.24, 2.45) is 5.16 Å². The molecule has 0 bridgehead atoms. The monoisotopic (exact) mass is 205 g/mol. The maximum absolute atomic E-state index is 5.55. The number of hydrogen-bond donors (Lipinski definition) is 0. The van der Waals surface area contributed by atoms with E-state index in [1.807, 2.05) is 44.2 Å². The molecule has 1 aromatic rings. The molecular weight excluding hydrogens is 190 g/mol. The Hall–Kier alpha value is -1.51. The Labute approximate surface area is 89.7 Å². The molecule has 0 saturated carbocycles. The molecule has 2 rings (SSSR count). The topological polar surface area (TPSA) is 30.8 Å². The van der Waals surface area contributed by atoms with Crippen LogP contribution in [0.2, 0.25) is 0 Å². The second kappa shape index (κ2) is 3.93. The fourth-order valence-electron chi connectivity index (χ4n) is 1.42. The van der Waals surface area contributed by atoms with Crippen LogP contribution in [0.15, 0.2) is 35.5 Å². The van der Waals surface area contributed by atoms with Crippen molar-refractivity contribution >= 4 is 5.90 Å². The van der Waals surface area contributed by atoms with Gasteiger partial charge in [0.15, 0.2) is 0 Å². The zero-order chi connectivity index (χ0) is 10.7. The predicted molar refractivity (Wildman–Crippen MR) is 58.4 cm³/mol. The van der Waals surface area contributed by atoms with Crippen molar-refractivity contribution in [3.8, 4) is 0 Å². The lowest BCUT2D eigenvalue weighted by Crippen LogP contribution is -2.19. The lowest BCUT2D eigenvalue weighted by Gasteiger charge is -2.12. The van der Waals surface area contributed by atoms with Gasteiger partial charge in [-0.3, -0.25) is 0 Å². The Morgan fingerprint density at radius 3 is 2.67 bits per heavy atom. The van der Waals surface area contributed by atoms with Crippen LogP contribution in [0.25, 0.3) is 0 Å². The smallest absolute Gasteiger partial charge is 0.230 e. The van der Waals surface area contributed by atoms with Crippen molar-refractivity contribution in [3.63, 3.8) is 0 Å². The zero-order valence-electron chi connectivity index (χ0n) is 9.06. The Kier molecular flexibility index (Phi) is 2.62. The summed E-state index contributed by atoms with van der Waals surface area (Å²) in [4.78, 5) is 5.20. The van der Waals surface area contributed by atoms with Crippen molar-refractivity contribution < 1.29 is 9.57 Å². The number of ether oxygens (including phenoxy) is 1. The van der Waals surface area contributed by atoms with Crippen LogP contribution in [0, 0.1) is 0 Å². The third-order valence-electron chi connectivity index (χ3n) is 2.22. The highest BCUT2D eigenvalue weighted by Crippen LogP contribution is 2.23. The molecular formula is C12H15NO2. The molecule has 1 aliphatic heterocycles. The maximum atomic E-state index is 5.55. The third-order valence-corrected chi connectivity index (χ3v) is 2.22. The Balaban J connectivity index is 1.85. The van der Waals surface area contributed by atoms with Gasteiger partial charge in [-0.25, -0.2) is 0 Å². The first-order valence-electron chi connectivity index (χ1n) is 5.07. The van der Waals surface area contributed by atoms with Gasteiger partial charge in [0, 0.05) is 0 Å². The second-order valence-corrected chi connectivity index (χ2v) is 4.29. The number of rotatable bonds is 2. The van der Waals surface area contributed by atoms with E-state index in [0.717, 1.165) is 12.0 Å². The molecule has 0 atom stereocenters. The quantitative estimate of drug-likeness (QED) is 0.743. The fourth-order valence-corrected chi connectivity index (χ4v) is 1.42. The van der Waals surface area contributed by atoms with Crippen LogP contribution in [0.1, 0.15) is 25.8 Å². The molecule has 1 aliphatic rings. The summed E-state index contributed by atoms with van der Waals surface area (Å²) in [6.45, 7) is 4.55. The van der Waals surface area contributed by atoms with E-state index >= 15 is 0 Å². The highest BCUT2D eigenvalue weighted by molar-refractivity contribution is 5.77. The number of benzene rings is 1. The van der Waals surface area contributed by atoms with Gasteiger partial charge in [-0.05, 0) is 19.4 Å². The molecule has 3 nitrogen and oxygen atoms in total. The van der Waals surface area contributed by atoms with E-state index in [4.69, 9.17) is 9.57 Å². The van der Waals surface area contributed by atoms with Gasteiger partial charge in [-0.1, -0.05) is 35.5 Å². The summed E-state index contributed by atoms with van der Waals surface area (Å²) in [6.07, 6.45) is 0.736. The molecule has 0 amide bonds. The lowest BCUT2D eigenvalue weighted by atomic mass is 10.1. The molecule has 0 saturated heterocycles. The van der Waals surface area contributed by atoms with Gasteiger partial charge in [0.2, 0.25) is 5.90 Å². The summed E-state index contributed by atoms with van der Waals surface area (Å²) in [5, 5.41) is 3.90. The summed E-state index contributed by atoms with van der Waals surface area (Å²) >= 11 is 0. The van der Waals surface area contributed by atoms with E-state index in [-0.39, 0.29) is 5.60 Å². The van der Waals surface area contributed by atoms with Gasteiger partial charge >= 0.3 is 0 Å². The van der Waals surface area contributed by atoms with Crippen LogP contribution in [0.3, 0.4) is 0 Å². The average molecular weight is 205 g/mol. The fraction of sp³-hybridized carbons (Fsp3) is 0.417. The molecule has 1 heterocycles. The van der Waals surface area contributed by atoms with Crippen molar-refractivity contribution in [1.82, 2.24) is 0 Å². The first kappa shape index (κ1) is 10.0. The van der Waals surface area contributed by atoms with Crippen LogP contribution >= 0.6 is 0 Å². The predicted octanol–water partition coefficient (Wildman–Crippen LogP) is 2.72. The average Bonchev–Trinajstić information content (AvgIpc) is 2.57. The van der Waals surface area contributed by atoms with Gasteiger partial charge in [0.1, 0.15) is 12.2 Å². The van der Waals surface area contributed by atoms with Gasteiger partial charge in [0.25, 0.3) is 0 Å². The normalized spacial score (nSPS) is 18.1. The number of nitrogens with zero attached hydrogens (tertiary/aromatic N) is 1. The summed E-state index contributed by atoms with van der Waals surface area (Å²) < 4.78 is 5.55. The molecule has 15 heavy (non-hydrogen) atoms. The van der Waals surface area contributed by atoms with Crippen LogP contribution in [0.5, 0.6) is 0 Å². The lowest BCUT2D eigenvalue weighted by molar-refractivity contribution is 0.0123. The molecule has 0 spiro atoms. The second-order valence-electron chi connectivity index (χ2n) is 4.29. The van der Waals surface area contributed by atoms with Crippen molar-refractivity contribution in [1.29, 1.82) is 0 Å². The van der Waals surface area contributed by atoms with Gasteiger partial charge in [-0.2, -0.15) is 0 Å². The minimum atomic E-state index is -0.216. The molecule has 0 radical (unpaired) electrons. The van der Waals surface area contributed by atoms with E-state index in [0.29, 0.717) is 12.5 Å². The molecule has 0 N–H and O–H groups in total. The largest absolute Gasteiger partial charge is 0.474 e. The van der Waals surface area contributed by atoms with E-state index in [2.05, 4.69) is 5.16 Å². The SMILES string of the molecule is CC1(C)CC(OCc2ccccc2)=NO1. The zero-order valence-corrected chi connectivity index (χ0v) is 9.06. The Morgan fingerprint density at radius 2 is 2.07 bits per heavy atom. The number of oxime groups is 1. The molecule has 1 aromatic carbocycles. The molecule has 0 aromatic heterocycles. The molecule has 0 fully saturated rings. The molecule has 3 heteroatoms. The van der Waals surface area contributed by atoms with Gasteiger partial charge in [-0.15, -0.1) is 0 Å². The highest BCUT2D eigenvalue weighted by Gasteiger charge is 2.29. The van der Waals surface area contributed by atoms with Crippen molar-refractivity contribution in [2.45, 2.75) is 32.5 Å². The van der Waals surface area contributed by atoms with Crippen molar-refractivity contribution in [3.05, 3.63) is 35.9 Å². The first-order chi connectivity index (χ1) is 7.16. The van der Waals surface area contributed by atoms with Crippen LogP contribution in [-0.4, -0.2) is 11.5 Å². The highest BCUT2D eigenvalue weighted by atomic mass is 16.7. The third kappa shape index (κ3) is 2.72. The summed E-state index contributed by atoms with van der Waals surface area (Å²) in [6, 6.07) is 10.0. The van der Waals surface area contributed by atoms with Gasteiger partial charge < -0.3 is 9.57 Å². The van der Waals surface area contributed by atoms with Crippen LogP contribution < -0.4 is 0 Å². The maximum Gasteiger partial charge on any atom is 0.230 e. The van der Waals surface area contributed by atoms with Crippen LogP contribution in [0.4, 0.5) is 0 Å². The van der Waals surface area contributed by atoms with E-state index in [1.165, 1.54) is 0 Å². The molecule has 0 unspecified atom stereocenters. The number of hydrogen-bond acceptors (Lipinski definition) is 3. The molecule has 0 aliphatic carbocycles. The molecule has 80 valence electrons. The van der Waals surface area contributed by atoms with E-state index < -0.39 is 0 Å². The Morgan fingerprint density at radius 1 is 1.33 bits per heavy atom. The van der Waals surface area contributed by atoms with E-state index in [1.54, 1.807) is 0 Å². The van der Waals surface area contributed by atoms with E-state index in [9.17, 15) is 0 Å². The standard InChI is InChI=1S/C12H15NO2/c1-12(2)8-11(13-15-12)14-9-10-6-4-3-5-7-10/h3-7H,8-9H2,1-2H3. The Bertz CT molecular complexity index is 357. The van der Waals surface area contributed by atoms with Crippen LogP contribution in [-0.2, 0) is 16.2 Å². The van der Waals surface area contributed by atoms with Crippen molar-refractivity contribution in [2.75, 3.05) is 0 Å². The summed E-state index contributed by atoms with van der Waals surface area (Å²) in [7, 11) is 0. The minimum Gasteiger partial charge on any atom is -0.474 e. The minimum absolute atomic E-state index is 0.216. The summed E-state index contributed by atoms with van der Waals surface area (Å²) in [5.74, 6) is 0.684.